The number of pyridine rings is 1. The summed E-state index contributed by atoms with van der Waals surface area (Å²) < 4.78 is 10.9. The van der Waals surface area contributed by atoms with E-state index in [1.54, 1.807) is 13.2 Å². The van der Waals surface area contributed by atoms with Gasteiger partial charge in [-0.3, -0.25) is 0 Å². The number of aliphatic hydroxyl groups excluding tert-OH is 1. The zero-order valence-corrected chi connectivity index (χ0v) is 11.8. The van der Waals surface area contributed by atoms with Gasteiger partial charge in [-0.05, 0) is 35.7 Å². The van der Waals surface area contributed by atoms with Crippen LogP contribution in [0.15, 0.2) is 36.4 Å². The number of aryl methyl sites for hydroxylation is 1. The van der Waals surface area contributed by atoms with Gasteiger partial charge in [-0.1, -0.05) is 19.1 Å². The van der Waals surface area contributed by atoms with Crippen LogP contribution < -0.4 is 4.74 Å². The second-order valence-corrected chi connectivity index (χ2v) is 4.50. The smallest absolute Gasteiger partial charge is 0.219 e. The Balaban J connectivity index is 2.22. The first kappa shape index (κ1) is 14.5. The van der Waals surface area contributed by atoms with Crippen molar-refractivity contribution in [2.75, 3.05) is 7.11 Å². The Labute approximate surface area is 119 Å². The van der Waals surface area contributed by atoms with E-state index in [2.05, 4.69) is 4.98 Å². The van der Waals surface area contributed by atoms with Gasteiger partial charge in [0, 0.05) is 18.9 Å². The molecule has 0 amide bonds. The van der Waals surface area contributed by atoms with Crippen molar-refractivity contribution >= 4 is 0 Å². The van der Waals surface area contributed by atoms with E-state index < -0.39 is 0 Å². The van der Waals surface area contributed by atoms with Crippen LogP contribution in [0.1, 0.15) is 23.7 Å². The molecule has 4 heteroatoms. The molecule has 4 nitrogen and oxygen atoms in total. The zero-order chi connectivity index (χ0) is 14.4. The molecule has 1 heterocycles. The summed E-state index contributed by atoms with van der Waals surface area (Å²) in [5, 5.41) is 9.26. The Kier molecular flexibility index (Phi) is 5.09. The quantitative estimate of drug-likeness (QED) is 0.878. The minimum absolute atomic E-state index is 0.0183. The van der Waals surface area contributed by atoms with Gasteiger partial charge in [0.2, 0.25) is 5.88 Å². The summed E-state index contributed by atoms with van der Waals surface area (Å²) >= 11 is 0. The van der Waals surface area contributed by atoms with Crippen molar-refractivity contribution in [3.05, 3.63) is 53.2 Å². The predicted octanol–water partition coefficient (Wildman–Crippen LogP) is 3.08. The highest BCUT2D eigenvalue weighted by Crippen LogP contribution is 2.22. The fraction of sp³-hybridized carbons (Fsp3) is 0.312. The maximum Gasteiger partial charge on any atom is 0.219 e. The number of hydrogen-bond donors (Lipinski definition) is 1. The Morgan fingerprint density at radius 3 is 2.70 bits per heavy atom. The first-order valence-corrected chi connectivity index (χ1v) is 6.61. The first-order chi connectivity index (χ1) is 9.75. The van der Waals surface area contributed by atoms with Crippen LogP contribution in [-0.2, 0) is 24.4 Å². The van der Waals surface area contributed by atoms with Gasteiger partial charge in [-0.25, -0.2) is 4.98 Å². The van der Waals surface area contributed by atoms with Crippen molar-refractivity contribution in [2.24, 2.45) is 0 Å². The van der Waals surface area contributed by atoms with Gasteiger partial charge in [0.1, 0.15) is 5.75 Å². The minimum atomic E-state index is -0.0183. The highest BCUT2D eigenvalue weighted by Gasteiger charge is 2.04. The lowest BCUT2D eigenvalue weighted by Crippen LogP contribution is -1.96. The summed E-state index contributed by atoms with van der Waals surface area (Å²) in [5.74, 6) is 1.21. The molecule has 20 heavy (non-hydrogen) atoms. The SMILES string of the molecule is CCc1cc(CO)cc(Oc2cccc(COC)c2)n1. The van der Waals surface area contributed by atoms with E-state index in [1.807, 2.05) is 37.3 Å². The van der Waals surface area contributed by atoms with Crippen molar-refractivity contribution in [3.8, 4) is 11.6 Å². The van der Waals surface area contributed by atoms with E-state index in [1.165, 1.54) is 0 Å². The molecule has 2 rings (SSSR count). The van der Waals surface area contributed by atoms with Crippen molar-refractivity contribution in [1.29, 1.82) is 0 Å². The molecule has 1 aromatic heterocycles. The first-order valence-electron chi connectivity index (χ1n) is 6.61. The number of benzene rings is 1. The lowest BCUT2D eigenvalue weighted by molar-refractivity contribution is 0.184. The van der Waals surface area contributed by atoms with Crippen LogP contribution in [0.25, 0.3) is 0 Å². The number of rotatable bonds is 6. The van der Waals surface area contributed by atoms with Crippen LogP contribution in [0.5, 0.6) is 11.6 Å². The number of hydrogen-bond acceptors (Lipinski definition) is 4. The molecule has 1 N–H and O–H groups in total. The molecule has 0 radical (unpaired) electrons. The van der Waals surface area contributed by atoms with Crippen molar-refractivity contribution in [3.63, 3.8) is 0 Å². The standard InChI is InChI=1S/C16H19NO3/c1-3-14-7-13(10-18)9-16(17-14)20-15-6-4-5-12(8-15)11-19-2/h4-9,18H,3,10-11H2,1-2H3. The van der Waals surface area contributed by atoms with Crippen LogP contribution in [0, 0.1) is 0 Å². The Morgan fingerprint density at radius 1 is 1.15 bits per heavy atom. The molecule has 2 aromatic rings. The fourth-order valence-electron chi connectivity index (χ4n) is 1.93. The van der Waals surface area contributed by atoms with Gasteiger partial charge in [-0.2, -0.15) is 0 Å². The molecule has 106 valence electrons. The van der Waals surface area contributed by atoms with Gasteiger partial charge in [0.15, 0.2) is 0 Å². The Bertz CT molecular complexity index is 547. The van der Waals surface area contributed by atoms with Crippen molar-refractivity contribution in [1.82, 2.24) is 4.98 Å². The number of aromatic nitrogens is 1. The van der Waals surface area contributed by atoms with Gasteiger partial charge >= 0.3 is 0 Å². The zero-order valence-electron chi connectivity index (χ0n) is 11.8. The van der Waals surface area contributed by atoms with Crippen LogP contribution >= 0.6 is 0 Å². The highest BCUT2D eigenvalue weighted by atomic mass is 16.5. The maximum absolute atomic E-state index is 9.26. The van der Waals surface area contributed by atoms with E-state index in [0.717, 1.165) is 23.2 Å². The Morgan fingerprint density at radius 2 is 2.00 bits per heavy atom. The number of methoxy groups -OCH3 is 1. The molecule has 0 saturated carbocycles. The largest absolute Gasteiger partial charge is 0.439 e. The molecule has 0 atom stereocenters. The second-order valence-electron chi connectivity index (χ2n) is 4.50. The minimum Gasteiger partial charge on any atom is -0.439 e. The summed E-state index contributed by atoms with van der Waals surface area (Å²) in [7, 11) is 1.66. The topological polar surface area (TPSA) is 51.6 Å². The second kappa shape index (κ2) is 7.03. The summed E-state index contributed by atoms with van der Waals surface area (Å²) in [4.78, 5) is 4.41. The van der Waals surface area contributed by atoms with Gasteiger partial charge in [0.05, 0.1) is 13.2 Å². The molecule has 0 aliphatic rings. The molecule has 1 aromatic carbocycles. The number of aliphatic hydroxyl groups is 1. The fourth-order valence-corrected chi connectivity index (χ4v) is 1.93. The van der Waals surface area contributed by atoms with Crippen LogP contribution in [0.2, 0.25) is 0 Å². The summed E-state index contributed by atoms with van der Waals surface area (Å²) in [6.07, 6.45) is 0.800. The van der Waals surface area contributed by atoms with E-state index in [4.69, 9.17) is 9.47 Å². The third-order valence-corrected chi connectivity index (χ3v) is 2.89. The van der Waals surface area contributed by atoms with Gasteiger partial charge in [-0.15, -0.1) is 0 Å². The molecule has 0 saturated heterocycles. The number of ether oxygens (including phenoxy) is 2. The monoisotopic (exact) mass is 273 g/mol. The van der Waals surface area contributed by atoms with E-state index in [9.17, 15) is 5.11 Å². The lowest BCUT2D eigenvalue weighted by atomic mass is 10.2. The summed E-state index contributed by atoms with van der Waals surface area (Å²) in [5.41, 5.74) is 2.75. The maximum atomic E-state index is 9.26. The van der Waals surface area contributed by atoms with Gasteiger partial charge in [0.25, 0.3) is 0 Å². The normalized spacial score (nSPS) is 10.6. The molecule has 0 aliphatic carbocycles. The van der Waals surface area contributed by atoms with Gasteiger partial charge < -0.3 is 14.6 Å². The van der Waals surface area contributed by atoms with Crippen LogP contribution in [-0.4, -0.2) is 17.2 Å². The molecule has 0 bridgehead atoms. The average molecular weight is 273 g/mol. The van der Waals surface area contributed by atoms with Crippen molar-refractivity contribution < 1.29 is 14.6 Å². The van der Waals surface area contributed by atoms with Crippen LogP contribution in [0.4, 0.5) is 0 Å². The molecule has 0 aliphatic heterocycles. The molecule has 0 spiro atoms. The summed E-state index contributed by atoms with van der Waals surface area (Å²) in [6, 6.07) is 11.3. The lowest BCUT2D eigenvalue weighted by Gasteiger charge is -2.09. The summed E-state index contributed by atoms with van der Waals surface area (Å²) in [6.45, 7) is 2.55. The Hall–Kier alpha value is -1.91. The molecule has 0 fully saturated rings. The highest BCUT2D eigenvalue weighted by molar-refractivity contribution is 5.33. The molecular formula is C16H19NO3. The number of nitrogens with zero attached hydrogens (tertiary/aromatic N) is 1. The third kappa shape index (κ3) is 3.79. The van der Waals surface area contributed by atoms with E-state index in [0.29, 0.717) is 18.2 Å². The average Bonchev–Trinajstić information content (AvgIpc) is 2.47. The van der Waals surface area contributed by atoms with E-state index in [-0.39, 0.29) is 6.61 Å². The third-order valence-electron chi connectivity index (χ3n) is 2.89. The van der Waals surface area contributed by atoms with Crippen molar-refractivity contribution in [2.45, 2.75) is 26.6 Å². The predicted molar refractivity (Wildman–Crippen MR) is 76.8 cm³/mol. The molecule has 0 unspecified atom stereocenters. The van der Waals surface area contributed by atoms with E-state index >= 15 is 0 Å². The molecular weight excluding hydrogens is 254 g/mol. The van der Waals surface area contributed by atoms with Crippen LogP contribution in [0.3, 0.4) is 0 Å².